The van der Waals surface area contributed by atoms with Gasteiger partial charge in [-0.2, -0.15) is 0 Å². The summed E-state index contributed by atoms with van der Waals surface area (Å²) < 4.78 is 5.22. The number of phenols is 1. The molecule has 0 aromatic heterocycles. The molecule has 1 rings (SSSR count). The van der Waals surface area contributed by atoms with Crippen LogP contribution >= 0.6 is 11.8 Å². The van der Waals surface area contributed by atoms with Crippen LogP contribution in [0.1, 0.15) is 33.6 Å². The third-order valence-corrected chi connectivity index (χ3v) is 3.15. The summed E-state index contributed by atoms with van der Waals surface area (Å²) in [6.07, 6.45) is 1.24. The molecule has 0 saturated carbocycles. The maximum Gasteiger partial charge on any atom is 0.306 e. The van der Waals surface area contributed by atoms with Gasteiger partial charge in [-0.15, -0.1) is 11.8 Å². The van der Waals surface area contributed by atoms with Gasteiger partial charge in [0, 0.05) is 11.3 Å². The van der Waals surface area contributed by atoms with E-state index in [0.29, 0.717) is 6.42 Å². The molecule has 0 saturated heterocycles. The van der Waals surface area contributed by atoms with Gasteiger partial charge in [-0.25, -0.2) is 0 Å². The summed E-state index contributed by atoms with van der Waals surface area (Å²) in [5.74, 6) is 0.992. The number of esters is 1. The number of hydrogen-bond donors (Lipinski definition) is 1. The number of thioether (sulfide) groups is 1. The average Bonchev–Trinajstić information content (AvgIpc) is 2.24. The fraction of sp³-hybridized carbons (Fsp3) is 0.500. The third-order valence-electron chi connectivity index (χ3n) is 2.05. The van der Waals surface area contributed by atoms with E-state index in [1.54, 1.807) is 23.9 Å². The Bertz CT molecular complexity index is 379. The van der Waals surface area contributed by atoms with E-state index >= 15 is 0 Å². The van der Waals surface area contributed by atoms with E-state index in [9.17, 15) is 4.79 Å². The average molecular weight is 268 g/mol. The van der Waals surface area contributed by atoms with Crippen molar-refractivity contribution in [3.8, 4) is 5.75 Å². The van der Waals surface area contributed by atoms with Gasteiger partial charge in [0.1, 0.15) is 11.4 Å². The fourth-order valence-corrected chi connectivity index (χ4v) is 2.19. The van der Waals surface area contributed by atoms with Crippen molar-refractivity contribution < 1.29 is 14.6 Å². The molecule has 0 aliphatic rings. The monoisotopic (exact) mass is 268 g/mol. The van der Waals surface area contributed by atoms with Crippen molar-refractivity contribution in [3.63, 3.8) is 0 Å². The summed E-state index contributed by atoms with van der Waals surface area (Å²) in [7, 11) is 0. The van der Waals surface area contributed by atoms with Crippen molar-refractivity contribution in [2.24, 2.45) is 0 Å². The second-order valence-corrected chi connectivity index (χ2v) is 6.20. The van der Waals surface area contributed by atoms with E-state index in [2.05, 4.69) is 0 Å². The molecule has 1 aromatic carbocycles. The lowest BCUT2D eigenvalue weighted by molar-refractivity contribution is -0.154. The first-order valence-electron chi connectivity index (χ1n) is 6.00. The summed E-state index contributed by atoms with van der Waals surface area (Å²) in [6.45, 7) is 5.61. The van der Waals surface area contributed by atoms with Gasteiger partial charge >= 0.3 is 5.97 Å². The van der Waals surface area contributed by atoms with Crippen LogP contribution in [-0.4, -0.2) is 22.4 Å². The lowest BCUT2D eigenvalue weighted by Crippen LogP contribution is -2.23. The molecular weight excluding hydrogens is 248 g/mol. The van der Waals surface area contributed by atoms with E-state index in [4.69, 9.17) is 9.84 Å². The maximum absolute atomic E-state index is 11.5. The summed E-state index contributed by atoms with van der Waals surface area (Å²) in [6, 6.07) is 7.06. The molecule has 1 N–H and O–H groups in total. The molecule has 3 nitrogen and oxygen atoms in total. The minimum absolute atomic E-state index is 0.145. The molecule has 0 unspecified atom stereocenters. The largest absolute Gasteiger partial charge is 0.508 e. The molecule has 0 atom stereocenters. The minimum Gasteiger partial charge on any atom is -0.508 e. The van der Waals surface area contributed by atoms with Crippen molar-refractivity contribution in [1.29, 1.82) is 0 Å². The Morgan fingerprint density at radius 1 is 1.28 bits per heavy atom. The highest BCUT2D eigenvalue weighted by molar-refractivity contribution is 7.99. The zero-order chi connectivity index (χ0) is 13.6. The predicted molar refractivity (Wildman–Crippen MR) is 73.9 cm³/mol. The summed E-state index contributed by atoms with van der Waals surface area (Å²) in [5.41, 5.74) is -0.402. The van der Waals surface area contributed by atoms with Gasteiger partial charge in [-0.1, -0.05) is 0 Å². The minimum atomic E-state index is -0.402. The Kier molecular flexibility index (Phi) is 5.54. The highest BCUT2D eigenvalue weighted by Crippen LogP contribution is 2.22. The number of carbonyl (C=O) groups excluding carboxylic acids is 1. The molecule has 0 heterocycles. The molecule has 0 radical (unpaired) electrons. The third kappa shape index (κ3) is 6.55. The molecule has 4 heteroatoms. The Balaban J connectivity index is 2.19. The molecule has 1 aromatic rings. The number of hydrogen-bond acceptors (Lipinski definition) is 4. The zero-order valence-corrected chi connectivity index (χ0v) is 11.9. The fourth-order valence-electron chi connectivity index (χ4n) is 1.34. The van der Waals surface area contributed by atoms with Crippen LogP contribution in [0.2, 0.25) is 0 Å². The standard InChI is InChI=1S/C14H20O3S/c1-14(2,3)17-13(16)5-4-10-18-12-8-6-11(15)7-9-12/h6-9,15H,4-5,10H2,1-3H3. The molecule has 0 spiro atoms. The van der Waals surface area contributed by atoms with E-state index in [-0.39, 0.29) is 11.7 Å². The van der Waals surface area contributed by atoms with Crippen LogP contribution in [0.15, 0.2) is 29.2 Å². The van der Waals surface area contributed by atoms with Crippen molar-refractivity contribution in [3.05, 3.63) is 24.3 Å². The first-order valence-corrected chi connectivity index (χ1v) is 6.99. The van der Waals surface area contributed by atoms with Crippen LogP contribution < -0.4 is 0 Å². The molecule has 0 aliphatic heterocycles. The SMILES string of the molecule is CC(C)(C)OC(=O)CCCSc1ccc(O)cc1. The molecule has 18 heavy (non-hydrogen) atoms. The van der Waals surface area contributed by atoms with E-state index in [1.807, 2.05) is 32.9 Å². The Morgan fingerprint density at radius 2 is 1.89 bits per heavy atom. The Hall–Kier alpha value is -1.16. The van der Waals surface area contributed by atoms with Crippen LogP contribution in [0.5, 0.6) is 5.75 Å². The van der Waals surface area contributed by atoms with Crippen molar-refractivity contribution in [2.45, 2.75) is 44.1 Å². The van der Waals surface area contributed by atoms with E-state index in [0.717, 1.165) is 17.1 Å². The smallest absolute Gasteiger partial charge is 0.306 e. The van der Waals surface area contributed by atoms with Gasteiger partial charge < -0.3 is 9.84 Å². The zero-order valence-electron chi connectivity index (χ0n) is 11.1. The quantitative estimate of drug-likeness (QED) is 0.503. The molecule has 0 amide bonds. The van der Waals surface area contributed by atoms with Crippen molar-refractivity contribution in [2.75, 3.05) is 5.75 Å². The molecule has 0 aliphatic carbocycles. The lowest BCUT2D eigenvalue weighted by Gasteiger charge is -2.19. The van der Waals surface area contributed by atoms with Gasteiger partial charge in [-0.05, 0) is 57.2 Å². The van der Waals surface area contributed by atoms with Gasteiger partial charge in [-0.3, -0.25) is 4.79 Å². The summed E-state index contributed by atoms with van der Waals surface area (Å²) >= 11 is 1.67. The number of phenolic OH excluding ortho intramolecular Hbond substituents is 1. The van der Waals surface area contributed by atoms with Gasteiger partial charge in [0.2, 0.25) is 0 Å². The number of benzene rings is 1. The molecule has 0 bridgehead atoms. The number of rotatable bonds is 5. The van der Waals surface area contributed by atoms with E-state index in [1.165, 1.54) is 0 Å². The predicted octanol–water partition coefficient (Wildman–Crippen LogP) is 3.61. The highest BCUT2D eigenvalue weighted by atomic mass is 32.2. The first-order chi connectivity index (χ1) is 8.37. The first kappa shape index (κ1) is 14.9. The second-order valence-electron chi connectivity index (χ2n) is 5.03. The number of ether oxygens (including phenoxy) is 1. The summed E-state index contributed by atoms with van der Waals surface area (Å²) in [5, 5.41) is 9.14. The lowest BCUT2D eigenvalue weighted by atomic mass is 10.2. The van der Waals surface area contributed by atoms with Crippen molar-refractivity contribution in [1.82, 2.24) is 0 Å². The van der Waals surface area contributed by atoms with Crippen LogP contribution in [0, 0.1) is 0 Å². The molecule has 0 fully saturated rings. The number of aromatic hydroxyl groups is 1. The molecule has 100 valence electrons. The van der Waals surface area contributed by atoms with Crippen LogP contribution in [0.3, 0.4) is 0 Å². The van der Waals surface area contributed by atoms with Crippen LogP contribution in [0.4, 0.5) is 0 Å². The highest BCUT2D eigenvalue weighted by Gasteiger charge is 2.15. The summed E-state index contributed by atoms with van der Waals surface area (Å²) in [4.78, 5) is 12.5. The van der Waals surface area contributed by atoms with Crippen molar-refractivity contribution >= 4 is 17.7 Å². The van der Waals surface area contributed by atoms with Crippen LogP contribution in [-0.2, 0) is 9.53 Å². The Morgan fingerprint density at radius 3 is 2.44 bits per heavy atom. The van der Waals surface area contributed by atoms with Gasteiger partial charge in [0.15, 0.2) is 0 Å². The Labute approximate surface area is 113 Å². The van der Waals surface area contributed by atoms with Crippen LogP contribution in [0.25, 0.3) is 0 Å². The second kappa shape index (κ2) is 6.69. The maximum atomic E-state index is 11.5. The topological polar surface area (TPSA) is 46.5 Å². The normalized spacial score (nSPS) is 11.3. The van der Waals surface area contributed by atoms with Gasteiger partial charge in [0.25, 0.3) is 0 Å². The van der Waals surface area contributed by atoms with E-state index < -0.39 is 5.60 Å². The number of carbonyl (C=O) groups is 1. The van der Waals surface area contributed by atoms with Gasteiger partial charge in [0.05, 0.1) is 0 Å². The molecular formula is C14H20O3S.